The Kier molecular flexibility index (Phi) is 3.99. The lowest BCUT2D eigenvalue weighted by atomic mass is 10.2. The Balaban J connectivity index is 2.25. The maximum absolute atomic E-state index is 4.47. The molecule has 0 aliphatic carbocycles. The number of hydrogen-bond acceptors (Lipinski definition) is 6. The Morgan fingerprint density at radius 3 is 2.42 bits per heavy atom. The number of nitrogens with zero attached hydrogens (tertiary/aromatic N) is 3. The second kappa shape index (κ2) is 5.52. The summed E-state index contributed by atoms with van der Waals surface area (Å²) in [5.41, 5.74) is 1.02. The molecule has 0 fully saturated rings. The molecule has 6 heteroatoms. The normalized spacial score (nSPS) is 12.3. The summed E-state index contributed by atoms with van der Waals surface area (Å²) in [6.45, 7) is 8.05. The fraction of sp³-hybridized carbons (Fsp3) is 0.462. The molecule has 0 saturated heterocycles. The van der Waals surface area contributed by atoms with Gasteiger partial charge in [-0.25, -0.2) is 15.0 Å². The van der Waals surface area contributed by atoms with Crippen molar-refractivity contribution in [2.45, 2.75) is 33.7 Å². The lowest BCUT2D eigenvalue weighted by Crippen LogP contribution is -2.11. The van der Waals surface area contributed by atoms with Gasteiger partial charge in [0.25, 0.3) is 0 Å². The second-order valence-electron chi connectivity index (χ2n) is 4.52. The highest BCUT2D eigenvalue weighted by Gasteiger charge is 2.14. The Morgan fingerprint density at radius 2 is 1.84 bits per heavy atom. The second-order valence-corrected chi connectivity index (χ2v) is 5.78. The lowest BCUT2D eigenvalue weighted by Gasteiger charge is -2.16. The van der Waals surface area contributed by atoms with Crippen molar-refractivity contribution < 1.29 is 0 Å². The van der Waals surface area contributed by atoms with Gasteiger partial charge in [-0.3, -0.25) is 0 Å². The number of thiazole rings is 1. The van der Waals surface area contributed by atoms with Gasteiger partial charge < -0.3 is 10.6 Å². The minimum Gasteiger partial charge on any atom is -0.373 e. The van der Waals surface area contributed by atoms with Gasteiger partial charge in [0, 0.05) is 23.7 Å². The molecule has 102 valence electrons. The van der Waals surface area contributed by atoms with E-state index in [0.717, 1.165) is 28.0 Å². The van der Waals surface area contributed by atoms with Crippen molar-refractivity contribution in [2.75, 3.05) is 17.7 Å². The number of hydrogen-bond donors (Lipinski definition) is 2. The molecule has 1 atom stereocenters. The minimum absolute atomic E-state index is 0.136. The fourth-order valence-electron chi connectivity index (χ4n) is 1.85. The average Bonchev–Trinajstić information content (AvgIpc) is 2.80. The van der Waals surface area contributed by atoms with Crippen LogP contribution in [0.4, 0.5) is 11.6 Å². The van der Waals surface area contributed by atoms with E-state index in [-0.39, 0.29) is 6.04 Å². The first-order valence-electron chi connectivity index (χ1n) is 6.23. The highest BCUT2D eigenvalue weighted by atomic mass is 32.1. The Bertz CT molecular complexity index is 578. The molecular formula is C13H19N5S. The van der Waals surface area contributed by atoms with Crippen molar-refractivity contribution in [2.24, 2.45) is 0 Å². The molecule has 2 rings (SSSR count). The molecule has 2 heterocycles. The zero-order valence-electron chi connectivity index (χ0n) is 11.9. The first-order chi connectivity index (χ1) is 9.01. The molecule has 19 heavy (non-hydrogen) atoms. The number of aromatic nitrogens is 3. The number of rotatable bonds is 4. The predicted molar refractivity (Wildman–Crippen MR) is 79.9 cm³/mol. The fourth-order valence-corrected chi connectivity index (χ4v) is 2.63. The van der Waals surface area contributed by atoms with Crippen LogP contribution in [0.15, 0.2) is 6.20 Å². The Morgan fingerprint density at radius 1 is 1.16 bits per heavy atom. The van der Waals surface area contributed by atoms with Gasteiger partial charge >= 0.3 is 0 Å². The maximum Gasteiger partial charge on any atom is 0.135 e. The van der Waals surface area contributed by atoms with Crippen LogP contribution < -0.4 is 10.6 Å². The summed E-state index contributed by atoms with van der Waals surface area (Å²) in [7, 11) is 1.87. The quantitative estimate of drug-likeness (QED) is 0.899. The van der Waals surface area contributed by atoms with Gasteiger partial charge in [-0.15, -0.1) is 11.3 Å². The van der Waals surface area contributed by atoms with E-state index >= 15 is 0 Å². The molecule has 0 aliphatic rings. The molecule has 0 bridgehead atoms. The van der Waals surface area contributed by atoms with E-state index in [1.165, 1.54) is 4.88 Å². The molecule has 2 aromatic rings. The highest BCUT2D eigenvalue weighted by molar-refractivity contribution is 7.11. The predicted octanol–water partition coefficient (Wildman–Crippen LogP) is 3.07. The third-order valence-corrected chi connectivity index (χ3v) is 3.95. The molecule has 2 aromatic heterocycles. The van der Waals surface area contributed by atoms with Crippen LogP contribution in [-0.4, -0.2) is 22.0 Å². The molecule has 0 radical (unpaired) electrons. The molecule has 5 nitrogen and oxygen atoms in total. The van der Waals surface area contributed by atoms with Crippen molar-refractivity contribution in [3.8, 4) is 0 Å². The van der Waals surface area contributed by atoms with Gasteiger partial charge in [-0.05, 0) is 27.7 Å². The molecule has 0 aliphatic heterocycles. The van der Waals surface area contributed by atoms with Gasteiger partial charge in [-0.1, -0.05) is 0 Å². The molecule has 1 unspecified atom stereocenters. The molecular weight excluding hydrogens is 258 g/mol. The number of nitrogens with one attached hydrogen (secondary N) is 2. The number of aryl methyl sites for hydroxylation is 2. The minimum atomic E-state index is 0.136. The molecule has 0 aromatic carbocycles. The highest BCUT2D eigenvalue weighted by Crippen LogP contribution is 2.26. The Labute approximate surface area is 117 Å². The largest absolute Gasteiger partial charge is 0.373 e. The van der Waals surface area contributed by atoms with Crippen LogP contribution in [0.1, 0.15) is 34.2 Å². The standard InChI is InChI=1S/C13H19N5S/c1-7-6-15-13(19-7)9(3)16-12-8(2)11(14-5)17-10(4)18-12/h6,9H,1-5H3,(H2,14,16,17,18). The topological polar surface area (TPSA) is 62.7 Å². The first kappa shape index (κ1) is 13.7. The summed E-state index contributed by atoms with van der Waals surface area (Å²) >= 11 is 1.70. The van der Waals surface area contributed by atoms with E-state index in [9.17, 15) is 0 Å². The maximum atomic E-state index is 4.47. The van der Waals surface area contributed by atoms with Crippen molar-refractivity contribution in [3.05, 3.63) is 27.5 Å². The van der Waals surface area contributed by atoms with Crippen LogP contribution in [-0.2, 0) is 0 Å². The van der Waals surface area contributed by atoms with E-state index in [4.69, 9.17) is 0 Å². The van der Waals surface area contributed by atoms with Gasteiger partial charge in [0.15, 0.2) is 0 Å². The van der Waals surface area contributed by atoms with Crippen molar-refractivity contribution in [3.63, 3.8) is 0 Å². The summed E-state index contributed by atoms with van der Waals surface area (Å²) in [6.07, 6.45) is 1.90. The first-order valence-corrected chi connectivity index (χ1v) is 7.04. The third kappa shape index (κ3) is 3.01. The van der Waals surface area contributed by atoms with E-state index in [2.05, 4.69) is 39.4 Å². The van der Waals surface area contributed by atoms with Crippen LogP contribution in [0.3, 0.4) is 0 Å². The van der Waals surface area contributed by atoms with Crippen LogP contribution in [0.2, 0.25) is 0 Å². The zero-order chi connectivity index (χ0) is 14.0. The summed E-state index contributed by atoms with van der Waals surface area (Å²) in [4.78, 5) is 14.5. The molecule has 0 saturated carbocycles. The van der Waals surface area contributed by atoms with Gasteiger partial charge in [0.1, 0.15) is 22.5 Å². The third-order valence-electron chi connectivity index (χ3n) is 2.86. The van der Waals surface area contributed by atoms with Gasteiger partial charge in [0.2, 0.25) is 0 Å². The van der Waals surface area contributed by atoms with Crippen LogP contribution >= 0.6 is 11.3 Å². The summed E-state index contributed by atoms with van der Waals surface area (Å²) < 4.78 is 0. The summed E-state index contributed by atoms with van der Waals surface area (Å²) in [5.74, 6) is 2.47. The number of anilines is 2. The van der Waals surface area contributed by atoms with Crippen molar-refractivity contribution >= 4 is 23.0 Å². The lowest BCUT2D eigenvalue weighted by molar-refractivity contribution is 0.851. The summed E-state index contributed by atoms with van der Waals surface area (Å²) in [5, 5.41) is 7.57. The van der Waals surface area contributed by atoms with Gasteiger partial charge in [-0.2, -0.15) is 0 Å². The molecule has 0 amide bonds. The van der Waals surface area contributed by atoms with Gasteiger partial charge in [0.05, 0.1) is 6.04 Å². The average molecular weight is 277 g/mol. The Hall–Kier alpha value is -1.69. The van der Waals surface area contributed by atoms with E-state index in [1.54, 1.807) is 11.3 Å². The van der Waals surface area contributed by atoms with Crippen molar-refractivity contribution in [1.29, 1.82) is 0 Å². The smallest absolute Gasteiger partial charge is 0.135 e. The van der Waals surface area contributed by atoms with E-state index in [1.807, 2.05) is 27.1 Å². The van der Waals surface area contributed by atoms with Crippen LogP contribution in [0.25, 0.3) is 0 Å². The molecule has 2 N–H and O–H groups in total. The van der Waals surface area contributed by atoms with E-state index < -0.39 is 0 Å². The zero-order valence-corrected chi connectivity index (χ0v) is 12.7. The SMILES string of the molecule is CNc1nc(C)nc(NC(C)c2ncc(C)s2)c1C. The monoisotopic (exact) mass is 277 g/mol. The summed E-state index contributed by atoms with van der Waals surface area (Å²) in [6, 6.07) is 0.136. The molecule has 0 spiro atoms. The van der Waals surface area contributed by atoms with E-state index in [0.29, 0.717) is 0 Å². The van der Waals surface area contributed by atoms with Crippen LogP contribution in [0, 0.1) is 20.8 Å². The van der Waals surface area contributed by atoms with Crippen molar-refractivity contribution in [1.82, 2.24) is 15.0 Å². The van der Waals surface area contributed by atoms with Crippen LogP contribution in [0.5, 0.6) is 0 Å².